The summed E-state index contributed by atoms with van der Waals surface area (Å²) in [5.41, 5.74) is 8.23. The normalized spacial score (nSPS) is 35.4. The van der Waals surface area contributed by atoms with Crippen molar-refractivity contribution in [3.8, 4) is 11.3 Å². The van der Waals surface area contributed by atoms with Gasteiger partial charge in [0.15, 0.2) is 18.2 Å². The van der Waals surface area contributed by atoms with E-state index in [0.717, 1.165) is 23.4 Å². The van der Waals surface area contributed by atoms with E-state index in [1.807, 2.05) is 83.4 Å². The molecule has 15 heteroatoms. The monoisotopic (exact) mass is 810 g/mol. The SMILES string of the molecule is CC[C@H]1OC(=O)[C@H](C)C(=O)[C@H](C)[C@@H](OC2O[C@H](C)C[C@H](N(C)C)[C@H]2N)[C@@](C)(OC)C[C@@H](C)C(=O)[C@H](C)[C@@H]2[C@@H]1OC(=O)N2CCCCn1cnc(-c2ccc(C)nc2)c1. The number of esters is 1. The molecule has 2 N–H and O–H groups in total. The molecule has 3 fully saturated rings. The molecule has 0 aromatic carbocycles. The number of nitrogens with two attached hydrogens (primary N) is 1. The molecule has 0 spiro atoms. The number of hydrogen-bond donors (Lipinski definition) is 1. The fraction of sp³-hybridized carbons (Fsp3) is 0.721. The number of cyclic esters (lactones) is 1. The van der Waals surface area contributed by atoms with E-state index in [9.17, 15) is 19.2 Å². The molecular formula is C43H66N6O9. The van der Waals surface area contributed by atoms with E-state index in [1.165, 1.54) is 14.0 Å². The lowest BCUT2D eigenvalue weighted by Gasteiger charge is -2.47. The molecule has 2 aromatic rings. The van der Waals surface area contributed by atoms with Gasteiger partial charge in [-0.15, -0.1) is 0 Å². The maximum Gasteiger partial charge on any atom is 0.410 e. The van der Waals surface area contributed by atoms with Gasteiger partial charge in [-0.1, -0.05) is 27.7 Å². The van der Waals surface area contributed by atoms with Crippen LogP contribution in [0, 0.1) is 30.6 Å². The van der Waals surface area contributed by atoms with Gasteiger partial charge in [0.25, 0.3) is 0 Å². The first-order valence-corrected chi connectivity index (χ1v) is 20.9. The van der Waals surface area contributed by atoms with Crippen molar-refractivity contribution in [1.29, 1.82) is 0 Å². The average Bonchev–Trinajstić information content (AvgIpc) is 3.80. The Labute approximate surface area is 343 Å². The number of methoxy groups -OCH3 is 1. The van der Waals surface area contributed by atoms with Crippen LogP contribution in [0.2, 0.25) is 0 Å². The molecule has 15 nitrogen and oxygen atoms in total. The van der Waals surface area contributed by atoms with Crippen molar-refractivity contribution in [2.24, 2.45) is 29.4 Å². The second kappa shape index (κ2) is 19.1. The van der Waals surface area contributed by atoms with Gasteiger partial charge in [-0.05, 0) is 86.0 Å². The number of carbonyl (C=O) groups excluding carboxylic acids is 4. The number of ether oxygens (including phenoxy) is 5. The van der Waals surface area contributed by atoms with Crippen LogP contribution in [-0.2, 0) is 44.6 Å². The Morgan fingerprint density at radius 2 is 1.69 bits per heavy atom. The third-order valence-electron chi connectivity index (χ3n) is 12.7. The van der Waals surface area contributed by atoms with E-state index in [-0.39, 0.29) is 24.3 Å². The summed E-state index contributed by atoms with van der Waals surface area (Å²) in [7, 11) is 5.43. The zero-order valence-electron chi connectivity index (χ0n) is 36.3. The van der Waals surface area contributed by atoms with Gasteiger partial charge in [0, 0.05) is 67.6 Å². The molecule has 3 saturated heterocycles. The van der Waals surface area contributed by atoms with Crippen LogP contribution in [0.5, 0.6) is 0 Å². The fourth-order valence-electron chi connectivity index (χ4n) is 9.07. The summed E-state index contributed by atoms with van der Waals surface area (Å²) in [5.74, 6) is -4.63. The number of imidazole rings is 1. The summed E-state index contributed by atoms with van der Waals surface area (Å²) in [6.07, 6.45) is 3.67. The van der Waals surface area contributed by atoms with Crippen molar-refractivity contribution in [3.05, 3.63) is 36.5 Å². The Morgan fingerprint density at radius 3 is 2.33 bits per heavy atom. The van der Waals surface area contributed by atoms with Gasteiger partial charge in [0.05, 0.1) is 41.9 Å². The number of unbranched alkanes of at least 4 members (excludes halogenated alkanes) is 1. The molecule has 3 aliphatic rings. The molecule has 0 bridgehead atoms. The summed E-state index contributed by atoms with van der Waals surface area (Å²) in [5, 5.41) is 0. The highest BCUT2D eigenvalue weighted by Gasteiger charge is 2.54. The van der Waals surface area contributed by atoms with Crippen LogP contribution in [0.3, 0.4) is 0 Å². The summed E-state index contributed by atoms with van der Waals surface area (Å²) in [6.45, 7) is 15.4. The van der Waals surface area contributed by atoms with E-state index in [4.69, 9.17) is 29.4 Å². The number of ketones is 2. The molecule has 5 rings (SSSR count). The highest BCUT2D eigenvalue weighted by atomic mass is 16.7. The molecule has 5 heterocycles. The van der Waals surface area contributed by atoms with Crippen molar-refractivity contribution in [3.63, 3.8) is 0 Å². The van der Waals surface area contributed by atoms with Crippen LogP contribution in [0.4, 0.5) is 4.79 Å². The van der Waals surface area contributed by atoms with Crippen molar-refractivity contribution >= 4 is 23.6 Å². The quantitative estimate of drug-likeness (QED) is 0.186. The second-order valence-corrected chi connectivity index (χ2v) is 17.2. The largest absolute Gasteiger partial charge is 0.458 e. The van der Waals surface area contributed by atoms with E-state index in [0.29, 0.717) is 32.4 Å². The Bertz CT molecular complexity index is 1740. The van der Waals surface area contributed by atoms with Crippen molar-refractivity contribution in [2.75, 3.05) is 27.7 Å². The van der Waals surface area contributed by atoms with E-state index >= 15 is 0 Å². The molecule has 322 valence electrons. The number of fused-ring (bicyclic) bond motifs is 1. The number of aromatic nitrogens is 3. The third kappa shape index (κ3) is 9.81. The summed E-state index contributed by atoms with van der Waals surface area (Å²) in [4.78, 5) is 69.0. The minimum atomic E-state index is -1.20. The van der Waals surface area contributed by atoms with Crippen LogP contribution < -0.4 is 5.73 Å². The smallest absolute Gasteiger partial charge is 0.410 e. The molecule has 0 saturated carbocycles. The first-order chi connectivity index (χ1) is 27.4. The topological polar surface area (TPSA) is 178 Å². The lowest BCUT2D eigenvalue weighted by molar-refractivity contribution is -0.268. The van der Waals surface area contributed by atoms with Gasteiger partial charge in [0.2, 0.25) is 0 Å². The Balaban J connectivity index is 1.40. The van der Waals surface area contributed by atoms with Crippen LogP contribution >= 0.6 is 0 Å². The molecular weight excluding hydrogens is 745 g/mol. The Kier molecular flexibility index (Phi) is 14.9. The highest BCUT2D eigenvalue weighted by Crippen LogP contribution is 2.39. The fourth-order valence-corrected chi connectivity index (χ4v) is 9.07. The number of aryl methyl sites for hydroxylation is 2. The van der Waals surface area contributed by atoms with E-state index < -0.39 is 83.8 Å². The predicted molar refractivity (Wildman–Crippen MR) is 216 cm³/mol. The Morgan fingerprint density at radius 1 is 0.983 bits per heavy atom. The summed E-state index contributed by atoms with van der Waals surface area (Å²) >= 11 is 0. The number of hydrogen-bond acceptors (Lipinski definition) is 13. The Hall–Kier alpha value is -3.76. The van der Waals surface area contributed by atoms with Crippen LogP contribution in [0.1, 0.15) is 86.3 Å². The van der Waals surface area contributed by atoms with Crippen LogP contribution in [0.25, 0.3) is 11.3 Å². The molecule has 1 unspecified atom stereocenters. The van der Waals surface area contributed by atoms with Gasteiger partial charge in [-0.2, -0.15) is 0 Å². The molecule has 13 atom stereocenters. The third-order valence-corrected chi connectivity index (χ3v) is 12.7. The highest BCUT2D eigenvalue weighted by molar-refractivity contribution is 6.00. The van der Waals surface area contributed by atoms with Crippen molar-refractivity contribution in [1.82, 2.24) is 24.3 Å². The van der Waals surface area contributed by atoms with Gasteiger partial charge < -0.3 is 43.8 Å². The van der Waals surface area contributed by atoms with Gasteiger partial charge in [0.1, 0.15) is 17.8 Å². The number of rotatable bonds is 11. The molecule has 0 aliphatic carbocycles. The molecule has 2 aromatic heterocycles. The maximum absolute atomic E-state index is 14.6. The number of amides is 1. The van der Waals surface area contributed by atoms with Crippen molar-refractivity contribution in [2.45, 2.75) is 148 Å². The summed E-state index contributed by atoms with van der Waals surface area (Å²) < 4.78 is 33.2. The molecule has 3 aliphatic heterocycles. The van der Waals surface area contributed by atoms with Gasteiger partial charge in [-0.25, -0.2) is 9.78 Å². The maximum atomic E-state index is 14.6. The number of likely N-dealkylation sites (N-methyl/N-ethyl adjacent to an activating group) is 1. The molecule has 58 heavy (non-hydrogen) atoms. The molecule has 1 amide bonds. The first-order valence-electron chi connectivity index (χ1n) is 20.9. The zero-order chi connectivity index (χ0) is 42.6. The summed E-state index contributed by atoms with van der Waals surface area (Å²) in [6, 6.07) is 2.61. The average molecular weight is 811 g/mol. The number of Topliss-reactive ketones (excluding diaryl/α,β-unsaturated/α-hetero) is 2. The second-order valence-electron chi connectivity index (χ2n) is 17.2. The minimum Gasteiger partial charge on any atom is -0.458 e. The number of carbonyl (C=O) groups is 4. The first kappa shape index (κ1) is 45.3. The van der Waals surface area contributed by atoms with Crippen LogP contribution in [-0.4, -0.2) is 130 Å². The predicted octanol–water partition coefficient (Wildman–Crippen LogP) is 4.81. The number of nitrogens with zero attached hydrogens (tertiary/aromatic N) is 5. The van der Waals surface area contributed by atoms with E-state index in [1.54, 1.807) is 24.3 Å². The van der Waals surface area contributed by atoms with Gasteiger partial charge >= 0.3 is 12.1 Å². The molecule has 0 radical (unpaired) electrons. The minimum absolute atomic E-state index is 0.0545. The standard InChI is InChI=1S/C43H66N6O9/c1-12-33-38-35(49(42(53)57-38)18-14-13-17-48-22-31(46-23-48)30-16-15-25(3)45-21-30)27(5)36(50)24(2)20-43(8,54-11)39(28(6)37(51)29(7)40(52)56-33)58-41-34(44)32(47(9)10)19-26(4)55-41/h15-16,21-24,26-29,32-35,38-39,41H,12-14,17-20,44H2,1-11H3/t24-,26-,27-,28+,29-,32+,33-,34-,35-,38-,39-,41?,43+/m1/s1. The van der Waals surface area contributed by atoms with Crippen LogP contribution in [0.15, 0.2) is 30.9 Å². The lowest BCUT2D eigenvalue weighted by Crippen LogP contribution is -2.62. The lowest BCUT2D eigenvalue weighted by atomic mass is 9.75. The zero-order valence-corrected chi connectivity index (χ0v) is 36.3. The van der Waals surface area contributed by atoms with Crippen molar-refractivity contribution < 1.29 is 42.9 Å². The van der Waals surface area contributed by atoms with E-state index in [2.05, 4.69) is 9.97 Å². The van der Waals surface area contributed by atoms with Gasteiger partial charge in [-0.3, -0.25) is 19.4 Å². The number of pyridine rings is 1.